The molecule has 1 aromatic carbocycles. The third kappa shape index (κ3) is 1.80. The van der Waals surface area contributed by atoms with Crippen LogP contribution < -0.4 is 11.3 Å². The first-order valence-corrected chi connectivity index (χ1v) is 3.91. The van der Waals surface area contributed by atoms with Gasteiger partial charge in [0.15, 0.2) is 0 Å². The molecule has 0 saturated heterocycles. The van der Waals surface area contributed by atoms with Gasteiger partial charge in [0.05, 0.1) is 0 Å². The first-order valence-electron chi connectivity index (χ1n) is 2.99. The molecule has 1 unspecified atom stereocenters. The number of benzene rings is 1. The number of alkyl halides is 1. The zero-order valence-electron chi connectivity index (χ0n) is 5.42. The number of hydrogen-bond donors (Lipinski definition) is 2. The smallest absolute Gasteiger partial charge is 0.101 e. The third-order valence-corrected chi connectivity index (χ3v) is 2.03. The molecule has 10 heavy (non-hydrogen) atoms. The van der Waals surface area contributed by atoms with Crippen molar-refractivity contribution in [3.8, 4) is 0 Å². The number of halogens is 1. The van der Waals surface area contributed by atoms with Gasteiger partial charge in [-0.15, -0.1) is 0 Å². The van der Waals surface area contributed by atoms with Crippen molar-refractivity contribution in [2.75, 3.05) is 0 Å². The maximum Gasteiger partial charge on any atom is 0.101 e. The van der Waals surface area contributed by atoms with E-state index < -0.39 is 0 Å². The average molecular weight is 201 g/mol. The first kappa shape index (κ1) is 7.72. The summed E-state index contributed by atoms with van der Waals surface area (Å²) in [5.74, 6) is 5.21. The summed E-state index contributed by atoms with van der Waals surface area (Å²) in [7, 11) is 0. The molecule has 2 nitrogen and oxygen atoms in total. The van der Waals surface area contributed by atoms with Gasteiger partial charge in [-0.1, -0.05) is 46.3 Å². The van der Waals surface area contributed by atoms with Gasteiger partial charge in [0.1, 0.15) is 4.95 Å². The lowest BCUT2D eigenvalue weighted by atomic mass is 10.2. The van der Waals surface area contributed by atoms with Crippen molar-refractivity contribution in [1.29, 1.82) is 0 Å². The fourth-order valence-electron chi connectivity index (χ4n) is 0.718. The molecule has 0 aliphatic heterocycles. The van der Waals surface area contributed by atoms with Gasteiger partial charge in [-0.25, -0.2) is 5.43 Å². The first-order chi connectivity index (χ1) is 4.84. The molecule has 0 saturated carbocycles. The Balaban J connectivity index is 2.75. The predicted octanol–water partition coefficient (Wildman–Crippen LogP) is 1.54. The van der Waals surface area contributed by atoms with E-state index in [1.165, 1.54) is 0 Å². The number of hydrogen-bond acceptors (Lipinski definition) is 2. The molecule has 1 aromatic rings. The monoisotopic (exact) mass is 200 g/mol. The van der Waals surface area contributed by atoms with E-state index in [4.69, 9.17) is 5.84 Å². The van der Waals surface area contributed by atoms with Crippen LogP contribution in [0.5, 0.6) is 0 Å². The molecule has 0 heterocycles. The lowest BCUT2D eigenvalue weighted by Crippen LogP contribution is -2.23. The van der Waals surface area contributed by atoms with E-state index in [2.05, 4.69) is 21.4 Å². The topological polar surface area (TPSA) is 38.0 Å². The highest BCUT2D eigenvalue weighted by Crippen LogP contribution is 2.16. The highest BCUT2D eigenvalue weighted by Gasteiger charge is 2.00. The van der Waals surface area contributed by atoms with Crippen LogP contribution in [0.15, 0.2) is 30.3 Å². The normalized spacial score (nSPS) is 13.0. The zero-order valence-corrected chi connectivity index (χ0v) is 7.01. The molecule has 54 valence electrons. The van der Waals surface area contributed by atoms with E-state index in [0.29, 0.717) is 0 Å². The van der Waals surface area contributed by atoms with E-state index in [-0.39, 0.29) is 4.95 Å². The molecule has 0 bridgehead atoms. The second kappa shape index (κ2) is 3.71. The quantitative estimate of drug-likeness (QED) is 0.329. The van der Waals surface area contributed by atoms with Gasteiger partial charge in [-0.3, -0.25) is 5.84 Å². The van der Waals surface area contributed by atoms with E-state index >= 15 is 0 Å². The minimum absolute atomic E-state index is 0.0497. The summed E-state index contributed by atoms with van der Waals surface area (Å²) in [5, 5.41) is 0. The summed E-state index contributed by atoms with van der Waals surface area (Å²) in [5.41, 5.74) is 3.73. The van der Waals surface area contributed by atoms with Gasteiger partial charge in [0.2, 0.25) is 0 Å². The van der Waals surface area contributed by atoms with Crippen molar-refractivity contribution in [3.63, 3.8) is 0 Å². The summed E-state index contributed by atoms with van der Waals surface area (Å²) < 4.78 is 0. The third-order valence-electron chi connectivity index (χ3n) is 1.24. The lowest BCUT2D eigenvalue weighted by molar-refractivity contribution is 0.734. The van der Waals surface area contributed by atoms with E-state index in [1.54, 1.807) is 0 Å². The van der Waals surface area contributed by atoms with Crippen molar-refractivity contribution in [2.24, 2.45) is 5.84 Å². The van der Waals surface area contributed by atoms with Crippen molar-refractivity contribution in [1.82, 2.24) is 5.43 Å². The summed E-state index contributed by atoms with van der Waals surface area (Å²) >= 11 is 3.35. The van der Waals surface area contributed by atoms with Gasteiger partial charge >= 0.3 is 0 Å². The standard InChI is InChI=1S/C7H9BrN2/c8-7(10-9)6-4-2-1-3-5-6/h1-5,7,10H,9H2. The van der Waals surface area contributed by atoms with Crippen LogP contribution in [0.4, 0.5) is 0 Å². The highest BCUT2D eigenvalue weighted by molar-refractivity contribution is 9.09. The van der Waals surface area contributed by atoms with Crippen molar-refractivity contribution in [2.45, 2.75) is 4.95 Å². The molecule has 1 atom stereocenters. The Morgan fingerprint density at radius 1 is 1.30 bits per heavy atom. The van der Waals surface area contributed by atoms with Crippen molar-refractivity contribution >= 4 is 15.9 Å². The summed E-state index contributed by atoms with van der Waals surface area (Å²) in [4.78, 5) is 0.0497. The lowest BCUT2D eigenvalue weighted by Gasteiger charge is -2.06. The molecule has 3 heteroatoms. The molecule has 0 radical (unpaired) electrons. The summed E-state index contributed by atoms with van der Waals surface area (Å²) in [6.07, 6.45) is 0. The molecular weight excluding hydrogens is 192 g/mol. The van der Waals surface area contributed by atoms with Gasteiger partial charge in [-0.05, 0) is 5.56 Å². The predicted molar refractivity (Wildman–Crippen MR) is 45.4 cm³/mol. The van der Waals surface area contributed by atoms with Gasteiger partial charge in [0, 0.05) is 0 Å². The van der Waals surface area contributed by atoms with Crippen LogP contribution >= 0.6 is 15.9 Å². The SMILES string of the molecule is NNC(Br)c1ccccc1. The second-order valence-corrected chi connectivity index (χ2v) is 2.86. The van der Waals surface area contributed by atoms with Crippen LogP contribution in [-0.4, -0.2) is 0 Å². The van der Waals surface area contributed by atoms with Crippen molar-refractivity contribution in [3.05, 3.63) is 35.9 Å². The number of nitrogens with two attached hydrogens (primary N) is 1. The molecule has 0 aliphatic carbocycles. The molecule has 0 aromatic heterocycles. The van der Waals surface area contributed by atoms with Gasteiger partial charge < -0.3 is 0 Å². The Hall–Kier alpha value is -0.380. The molecule has 1 rings (SSSR count). The van der Waals surface area contributed by atoms with Crippen molar-refractivity contribution < 1.29 is 0 Å². The van der Waals surface area contributed by atoms with Crippen LogP contribution in [-0.2, 0) is 0 Å². The minimum atomic E-state index is 0.0497. The van der Waals surface area contributed by atoms with E-state index in [0.717, 1.165) is 5.56 Å². The maximum atomic E-state index is 5.21. The highest BCUT2D eigenvalue weighted by atomic mass is 79.9. The molecule has 0 spiro atoms. The largest absolute Gasteiger partial charge is 0.270 e. The molecular formula is C7H9BrN2. The summed E-state index contributed by atoms with van der Waals surface area (Å²) in [6, 6.07) is 9.92. The number of hydrazine groups is 1. The average Bonchev–Trinajstić information content (AvgIpc) is 2.05. The van der Waals surface area contributed by atoms with Crippen LogP contribution in [0.1, 0.15) is 10.5 Å². The fourth-order valence-corrected chi connectivity index (χ4v) is 1.02. The van der Waals surface area contributed by atoms with Crippen LogP contribution in [0.25, 0.3) is 0 Å². The maximum absolute atomic E-state index is 5.21. The molecule has 3 N–H and O–H groups in total. The molecule has 0 aliphatic rings. The Morgan fingerprint density at radius 2 is 1.90 bits per heavy atom. The fraction of sp³-hybridized carbons (Fsp3) is 0.143. The molecule has 0 amide bonds. The minimum Gasteiger partial charge on any atom is -0.270 e. The van der Waals surface area contributed by atoms with Crippen LogP contribution in [0.2, 0.25) is 0 Å². The molecule has 0 fully saturated rings. The van der Waals surface area contributed by atoms with E-state index in [1.807, 2.05) is 30.3 Å². The van der Waals surface area contributed by atoms with Gasteiger partial charge in [-0.2, -0.15) is 0 Å². The Bertz CT molecular complexity index is 188. The Labute approximate surface area is 68.5 Å². The Morgan fingerprint density at radius 3 is 2.40 bits per heavy atom. The number of rotatable bonds is 2. The van der Waals surface area contributed by atoms with Crippen LogP contribution in [0, 0.1) is 0 Å². The van der Waals surface area contributed by atoms with Crippen LogP contribution in [0.3, 0.4) is 0 Å². The van der Waals surface area contributed by atoms with E-state index in [9.17, 15) is 0 Å². The zero-order chi connectivity index (χ0) is 7.40. The second-order valence-electron chi connectivity index (χ2n) is 1.94. The van der Waals surface area contributed by atoms with Gasteiger partial charge in [0.25, 0.3) is 0 Å². The summed E-state index contributed by atoms with van der Waals surface area (Å²) in [6.45, 7) is 0. The Kier molecular flexibility index (Phi) is 2.86. The number of nitrogens with one attached hydrogen (secondary N) is 1.